The fourth-order valence-corrected chi connectivity index (χ4v) is 1.01. The standard InChI is InChI=1S/C7H13F2N5/c1-7(8,9)3-5-14-6(2-4-10)11-12-13-14/h2-5,10H2,1H3. The molecule has 80 valence electrons. The molecular weight excluding hydrogens is 192 g/mol. The summed E-state index contributed by atoms with van der Waals surface area (Å²) in [6.07, 6.45) is 0.234. The SMILES string of the molecule is CC(F)(F)CCn1nnnc1CCN. The molecular formula is C7H13F2N5. The Bertz CT molecular complexity index is 280. The molecule has 0 saturated heterocycles. The van der Waals surface area contributed by atoms with Crippen LogP contribution in [-0.4, -0.2) is 32.7 Å². The van der Waals surface area contributed by atoms with Crippen molar-refractivity contribution < 1.29 is 8.78 Å². The Morgan fingerprint density at radius 1 is 1.50 bits per heavy atom. The van der Waals surface area contributed by atoms with Gasteiger partial charge in [-0.15, -0.1) is 5.10 Å². The Hall–Kier alpha value is -1.11. The second-order valence-corrected chi connectivity index (χ2v) is 3.18. The predicted molar refractivity (Wildman–Crippen MR) is 45.8 cm³/mol. The molecule has 2 N–H and O–H groups in total. The molecule has 0 aromatic carbocycles. The van der Waals surface area contributed by atoms with Crippen molar-refractivity contribution in [2.45, 2.75) is 32.2 Å². The van der Waals surface area contributed by atoms with Crippen molar-refractivity contribution in [3.63, 3.8) is 0 Å². The van der Waals surface area contributed by atoms with Crippen molar-refractivity contribution in [3.8, 4) is 0 Å². The highest BCUT2D eigenvalue weighted by molar-refractivity contribution is 4.81. The average molecular weight is 205 g/mol. The molecule has 1 aromatic rings. The fourth-order valence-electron chi connectivity index (χ4n) is 1.01. The van der Waals surface area contributed by atoms with Crippen molar-refractivity contribution in [2.75, 3.05) is 6.54 Å². The molecule has 0 atom stereocenters. The molecule has 0 radical (unpaired) electrons. The highest BCUT2D eigenvalue weighted by Gasteiger charge is 2.21. The Labute approximate surface area is 80.3 Å². The summed E-state index contributed by atoms with van der Waals surface area (Å²) < 4.78 is 26.4. The van der Waals surface area contributed by atoms with Crippen LogP contribution in [0.15, 0.2) is 0 Å². The van der Waals surface area contributed by atoms with Crippen LogP contribution < -0.4 is 5.73 Å². The van der Waals surface area contributed by atoms with Crippen molar-refractivity contribution in [3.05, 3.63) is 5.82 Å². The maximum Gasteiger partial charge on any atom is 0.247 e. The van der Waals surface area contributed by atoms with Gasteiger partial charge in [0.1, 0.15) is 0 Å². The van der Waals surface area contributed by atoms with Gasteiger partial charge in [-0.2, -0.15) is 0 Å². The Balaban J connectivity index is 2.53. The van der Waals surface area contributed by atoms with Crippen LogP contribution >= 0.6 is 0 Å². The highest BCUT2D eigenvalue weighted by Crippen LogP contribution is 2.17. The first-order chi connectivity index (χ1) is 6.53. The Kier molecular flexibility index (Phi) is 3.45. The summed E-state index contributed by atoms with van der Waals surface area (Å²) in [6, 6.07) is 0. The van der Waals surface area contributed by atoms with Gasteiger partial charge in [-0.05, 0) is 23.9 Å². The Morgan fingerprint density at radius 2 is 2.21 bits per heavy atom. The van der Waals surface area contributed by atoms with Crippen molar-refractivity contribution in [1.82, 2.24) is 20.2 Å². The molecule has 0 aliphatic rings. The molecule has 5 nitrogen and oxygen atoms in total. The smallest absolute Gasteiger partial charge is 0.247 e. The third-order valence-electron chi connectivity index (χ3n) is 1.74. The fraction of sp³-hybridized carbons (Fsp3) is 0.857. The molecule has 1 aromatic heterocycles. The molecule has 0 unspecified atom stereocenters. The molecule has 1 heterocycles. The molecule has 0 aliphatic carbocycles. The maximum atomic E-state index is 12.5. The number of tetrazole rings is 1. The van der Waals surface area contributed by atoms with Crippen LogP contribution in [0.5, 0.6) is 0 Å². The summed E-state index contributed by atoms with van der Waals surface area (Å²) in [5.41, 5.74) is 5.31. The number of alkyl halides is 2. The normalized spacial score (nSPS) is 12.0. The zero-order chi connectivity index (χ0) is 10.6. The van der Waals surface area contributed by atoms with Gasteiger partial charge in [0.15, 0.2) is 5.82 Å². The summed E-state index contributed by atoms with van der Waals surface area (Å²) in [5.74, 6) is -2.14. The van der Waals surface area contributed by atoms with Gasteiger partial charge in [0.2, 0.25) is 5.92 Å². The third-order valence-corrected chi connectivity index (χ3v) is 1.74. The summed E-state index contributed by atoms with van der Waals surface area (Å²) in [5, 5.41) is 10.7. The lowest BCUT2D eigenvalue weighted by Gasteiger charge is -2.09. The Morgan fingerprint density at radius 3 is 2.79 bits per heavy atom. The molecule has 1 rings (SSSR count). The lowest BCUT2D eigenvalue weighted by molar-refractivity contribution is 0.00746. The van der Waals surface area contributed by atoms with Gasteiger partial charge in [0.25, 0.3) is 0 Å². The monoisotopic (exact) mass is 205 g/mol. The summed E-state index contributed by atoms with van der Waals surface area (Å²) >= 11 is 0. The van der Waals surface area contributed by atoms with E-state index in [1.807, 2.05) is 0 Å². The maximum absolute atomic E-state index is 12.5. The van der Waals surface area contributed by atoms with E-state index in [1.165, 1.54) is 4.68 Å². The molecule has 0 amide bonds. The minimum Gasteiger partial charge on any atom is -0.330 e. The zero-order valence-corrected chi connectivity index (χ0v) is 7.95. The topological polar surface area (TPSA) is 69.6 Å². The molecule has 0 bridgehead atoms. The van der Waals surface area contributed by atoms with Crippen LogP contribution in [0.1, 0.15) is 19.2 Å². The summed E-state index contributed by atoms with van der Waals surface area (Å²) in [7, 11) is 0. The van der Waals surface area contributed by atoms with Crippen molar-refractivity contribution >= 4 is 0 Å². The van der Waals surface area contributed by atoms with Gasteiger partial charge in [-0.3, -0.25) is 0 Å². The average Bonchev–Trinajstić information content (AvgIpc) is 2.48. The second kappa shape index (κ2) is 4.41. The van der Waals surface area contributed by atoms with E-state index >= 15 is 0 Å². The van der Waals surface area contributed by atoms with Crippen molar-refractivity contribution in [2.24, 2.45) is 5.73 Å². The number of hydrogen-bond donors (Lipinski definition) is 1. The summed E-state index contributed by atoms with van der Waals surface area (Å²) in [6.45, 7) is 1.40. The van der Waals surface area contributed by atoms with Crippen LogP contribution in [0, 0.1) is 0 Å². The first-order valence-corrected chi connectivity index (χ1v) is 4.36. The van der Waals surface area contributed by atoms with Gasteiger partial charge in [-0.1, -0.05) is 0 Å². The van der Waals surface area contributed by atoms with Crippen LogP contribution in [0.4, 0.5) is 8.78 Å². The van der Waals surface area contributed by atoms with E-state index in [0.29, 0.717) is 18.8 Å². The van der Waals surface area contributed by atoms with Gasteiger partial charge in [0, 0.05) is 12.8 Å². The largest absolute Gasteiger partial charge is 0.330 e. The van der Waals surface area contributed by atoms with E-state index in [4.69, 9.17) is 5.73 Å². The predicted octanol–water partition coefficient (Wildman–Crippen LogP) is 0.220. The molecule has 14 heavy (non-hydrogen) atoms. The van der Waals surface area contributed by atoms with E-state index in [2.05, 4.69) is 15.5 Å². The number of halogens is 2. The molecule has 0 spiro atoms. The number of nitrogens with two attached hydrogens (primary N) is 1. The van der Waals surface area contributed by atoms with E-state index in [-0.39, 0.29) is 13.0 Å². The number of nitrogens with zero attached hydrogens (tertiary/aromatic N) is 4. The van der Waals surface area contributed by atoms with Gasteiger partial charge >= 0.3 is 0 Å². The highest BCUT2D eigenvalue weighted by atomic mass is 19.3. The van der Waals surface area contributed by atoms with Gasteiger partial charge in [-0.25, -0.2) is 13.5 Å². The van der Waals surface area contributed by atoms with Crippen LogP contribution in [0.2, 0.25) is 0 Å². The zero-order valence-electron chi connectivity index (χ0n) is 7.95. The van der Waals surface area contributed by atoms with Crippen molar-refractivity contribution in [1.29, 1.82) is 0 Å². The third kappa shape index (κ3) is 3.33. The minimum absolute atomic E-state index is 0.117. The molecule has 0 aliphatic heterocycles. The van der Waals surface area contributed by atoms with E-state index in [9.17, 15) is 8.78 Å². The number of aryl methyl sites for hydroxylation is 1. The minimum atomic E-state index is -2.69. The number of aromatic nitrogens is 4. The van der Waals surface area contributed by atoms with E-state index in [0.717, 1.165) is 6.92 Å². The molecule has 0 fully saturated rings. The molecule has 0 saturated carbocycles. The van der Waals surface area contributed by atoms with Gasteiger partial charge < -0.3 is 5.73 Å². The van der Waals surface area contributed by atoms with Gasteiger partial charge in [0.05, 0.1) is 6.54 Å². The van der Waals surface area contributed by atoms with Crippen LogP contribution in [0.25, 0.3) is 0 Å². The van der Waals surface area contributed by atoms with Crippen LogP contribution in [-0.2, 0) is 13.0 Å². The summed E-state index contributed by atoms with van der Waals surface area (Å²) in [4.78, 5) is 0. The first-order valence-electron chi connectivity index (χ1n) is 4.36. The first kappa shape index (κ1) is 11.0. The van der Waals surface area contributed by atoms with Crippen LogP contribution in [0.3, 0.4) is 0 Å². The quantitative estimate of drug-likeness (QED) is 0.746. The second-order valence-electron chi connectivity index (χ2n) is 3.18. The number of rotatable bonds is 5. The van der Waals surface area contributed by atoms with E-state index < -0.39 is 5.92 Å². The number of hydrogen-bond acceptors (Lipinski definition) is 4. The lowest BCUT2D eigenvalue weighted by Crippen LogP contribution is -2.17. The molecule has 7 heteroatoms. The van der Waals surface area contributed by atoms with E-state index in [1.54, 1.807) is 0 Å². The lowest BCUT2D eigenvalue weighted by atomic mass is 10.2.